The Labute approximate surface area is 60.4 Å². The molecular weight excluding hydrogens is 130 g/mol. The van der Waals surface area contributed by atoms with Gasteiger partial charge in [-0.3, -0.25) is 5.32 Å². The topological polar surface area (TPSA) is 38.3 Å². The summed E-state index contributed by atoms with van der Waals surface area (Å²) in [5.41, 5.74) is 0. The first-order valence-electron chi connectivity index (χ1n) is 3.02. The lowest BCUT2D eigenvalue weighted by molar-refractivity contribution is 0.156. The zero-order valence-electron chi connectivity index (χ0n) is 5.96. The monoisotopic (exact) mass is 141 g/mol. The number of carbonyl (C=O) groups is 1. The van der Waals surface area contributed by atoms with E-state index in [1.165, 1.54) is 6.20 Å². The number of amides is 1. The molecule has 0 radical (unpaired) electrons. The Kier molecular flexibility index (Phi) is 5.14. The van der Waals surface area contributed by atoms with Crippen LogP contribution in [0.25, 0.3) is 0 Å². The second kappa shape index (κ2) is 5.88. The summed E-state index contributed by atoms with van der Waals surface area (Å²) in [4.78, 5) is 10.5. The minimum atomic E-state index is -0.444. The Morgan fingerprint density at radius 3 is 3.00 bits per heavy atom. The van der Waals surface area contributed by atoms with E-state index in [1.807, 2.05) is 0 Å². The smallest absolute Gasteiger partial charge is 0.411 e. The van der Waals surface area contributed by atoms with E-state index < -0.39 is 6.09 Å². The van der Waals surface area contributed by atoms with Crippen LogP contribution in [-0.4, -0.2) is 12.7 Å². The maximum Gasteiger partial charge on any atom is 0.411 e. The van der Waals surface area contributed by atoms with E-state index in [1.54, 1.807) is 19.1 Å². The van der Waals surface area contributed by atoms with Crippen molar-refractivity contribution in [2.24, 2.45) is 0 Å². The predicted octanol–water partition coefficient (Wildman–Crippen LogP) is 1.43. The normalized spacial score (nSPS) is 9.30. The summed E-state index contributed by atoms with van der Waals surface area (Å²) < 4.78 is 4.55. The van der Waals surface area contributed by atoms with Crippen LogP contribution in [0.2, 0.25) is 0 Å². The molecule has 10 heavy (non-hydrogen) atoms. The van der Waals surface area contributed by atoms with Crippen molar-refractivity contribution in [1.82, 2.24) is 5.32 Å². The molecule has 0 fully saturated rings. The first kappa shape index (κ1) is 8.75. The Morgan fingerprint density at radius 2 is 2.50 bits per heavy atom. The SMILES string of the molecule is C=C/C=C/NC(=O)OCC. The zero-order valence-corrected chi connectivity index (χ0v) is 5.96. The third kappa shape index (κ3) is 4.90. The molecule has 0 saturated heterocycles. The minimum Gasteiger partial charge on any atom is -0.450 e. The van der Waals surface area contributed by atoms with Gasteiger partial charge in [0.1, 0.15) is 0 Å². The van der Waals surface area contributed by atoms with Crippen molar-refractivity contribution in [2.75, 3.05) is 6.61 Å². The van der Waals surface area contributed by atoms with Crippen molar-refractivity contribution in [3.8, 4) is 0 Å². The largest absolute Gasteiger partial charge is 0.450 e. The highest BCUT2D eigenvalue weighted by molar-refractivity contribution is 5.68. The number of alkyl carbamates (subject to hydrolysis) is 1. The van der Waals surface area contributed by atoms with Crippen LogP contribution in [0, 0.1) is 0 Å². The first-order chi connectivity index (χ1) is 4.81. The highest BCUT2D eigenvalue weighted by Gasteiger charge is 1.92. The van der Waals surface area contributed by atoms with E-state index in [-0.39, 0.29) is 0 Å². The molecule has 0 aromatic rings. The van der Waals surface area contributed by atoms with Crippen molar-refractivity contribution in [3.63, 3.8) is 0 Å². The Bertz CT molecular complexity index is 141. The molecule has 0 rings (SSSR count). The Morgan fingerprint density at radius 1 is 1.80 bits per heavy atom. The number of carbonyl (C=O) groups excluding carboxylic acids is 1. The molecule has 3 nitrogen and oxygen atoms in total. The lowest BCUT2D eigenvalue weighted by Crippen LogP contribution is -2.17. The zero-order chi connectivity index (χ0) is 7.82. The Hall–Kier alpha value is -1.25. The number of ether oxygens (including phenoxy) is 1. The summed E-state index contributed by atoms with van der Waals surface area (Å²) in [5.74, 6) is 0. The molecule has 1 amide bonds. The molecule has 0 aliphatic heterocycles. The molecule has 0 atom stereocenters. The van der Waals surface area contributed by atoms with Crippen LogP contribution in [0.5, 0.6) is 0 Å². The first-order valence-corrected chi connectivity index (χ1v) is 3.02. The van der Waals surface area contributed by atoms with Gasteiger partial charge in [-0.2, -0.15) is 0 Å². The molecule has 0 aromatic heterocycles. The highest BCUT2D eigenvalue weighted by Crippen LogP contribution is 1.76. The third-order valence-corrected chi connectivity index (χ3v) is 0.709. The van der Waals surface area contributed by atoms with E-state index in [0.717, 1.165) is 0 Å². The number of allylic oxidation sites excluding steroid dienone is 2. The van der Waals surface area contributed by atoms with Gasteiger partial charge in [-0.25, -0.2) is 4.79 Å². The number of nitrogens with one attached hydrogen (secondary N) is 1. The summed E-state index contributed by atoms with van der Waals surface area (Å²) >= 11 is 0. The third-order valence-electron chi connectivity index (χ3n) is 0.709. The fourth-order valence-corrected chi connectivity index (χ4v) is 0.357. The van der Waals surface area contributed by atoms with Crippen molar-refractivity contribution >= 4 is 6.09 Å². The average molecular weight is 141 g/mol. The van der Waals surface area contributed by atoms with Gasteiger partial charge in [0.05, 0.1) is 6.61 Å². The summed E-state index contributed by atoms with van der Waals surface area (Å²) in [5, 5.41) is 2.37. The molecule has 1 N–H and O–H groups in total. The van der Waals surface area contributed by atoms with Gasteiger partial charge in [-0.05, 0) is 13.0 Å². The molecule has 0 aromatic carbocycles. The average Bonchev–Trinajstić information content (AvgIpc) is 1.89. The van der Waals surface area contributed by atoms with Gasteiger partial charge in [-0.1, -0.05) is 12.7 Å². The van der Waals surface area contributed by atoms with E-state index >= 15 is 0 Å². The van der Waals surface area contributed by atoms with Gasteiger partial charge in [0, 0.05) is 6.20 Å². The minimum absolute atomic E-state index is 0.383. The van der Waals surface area contributed by atoms with Crippen molar-refractivity contribution in [1.29, 1.82) is 0 Å². The summed E-state index contributed by atoms with van der Waals surface area (Å²) in [6.45, 7) is 5.55. The fraction of sp³-hybridized carbons (Fsp3) is 0.286. The molecule has 0 bridgehead atoms. The Balaban J connectivity index is 3.38. The quantitative estimate of drug-likeness (QED) is 0.604. The van der Waals surface area contributed by atoms with Crippen LogP contribution in [-0.2, 0) is 4.74 Å². The van der Waals surface area contributed by atoms with E-state index in [9.17, 15) is 4.79 Å². The lowest BCUT2D eigenvalue weighted by atomic mass is 10.6. The molecule has 0 aliphatic carbocycles. The van der Waals surface area contributed by atoms with Gasteiger partial charge in [0.15, 0.2) is 0 Å². The molecule has 0 unspecified atom stereocenters. The van der Waals surface area contributed by atoms with Gasteiger partial charge in [0.25, 0.3) is 0 Å². The molecule has 0 aliphatic rings. The van der Waals surface area contributed by atoms with E-state index in [0.29, 0.717) is 6.61 Å². The van der Waals surface area contributed by atoms with Crippen molar-refractivity contribution in [2.45, 2.75) is 6.92 Å². The summed E-state index contributed by atoms with van der Waals surface area (Å²) in [7, 11) is 0. The molecule has 3 heteroatoms. The van der Waals surface area contributed by atoms with Crippen LogP contribution in [0.1, 0.15) is 6.92 Å². The lowest BCUT2D eigenvalue weighted by Gasteiger charge is -1.97. The predicted molar refractivity (Wildman–Crippen MR) is 39.5 cm³/mol. The van der Waals surface area contributed by atoms with Gasteiger partial charge in [0.2, 0.25) is 0 Å². The van der Waals surface area contributed by atoms with Crippen LogP contribution in [0.15, 0.2) is 24.9 Å². The summed E-state index contributed by atoms with van der Waals surface area (Å²) in [6, 6.07) is 0. The maximum atomic E-state index is 10.5. The van der Waals surface area contributed by atoms with Crippen LogP contribution >= 0.6 is 0 Å². The molecule has 0 spiro atoms. The molecule has 0 saturated carbocycles. The molecule has 0 heterocycles. The second-order valence-electron chi connectivity index (χ2n) is 1.46. The van der Waals surface area contributed by atoms with Crippen LogP contribution in [0.3, 0.4) is 0 Å². The van der Waals surface area contributed by atoms with Crippen molar-refractivity contribution < 1.29 is 9.53 Å². The summed E-state index contributed by atoms with van der Waals surface area (Å²) in [6.07, 6.45) is 4.19. The van der Waals surface area contributed by atoms with E-state index in [2.05, 4.69) is 16.6 Å². The number of hydrogen-bond donors (Lipinski definition) is 1. The maximum absolute atomic E-state index is 10.5. The fourth-order valence-electron chi connectivity index (χ4n) is 0.357. The van der Waals surface area contributed by atoms with Gasteiger partial charge >= 0.3 is 6.09 Å². The molecule has 56 valence electrons. The standard InChI is InChI=1S/C7H11NO2/c1-3-5-6-8-7(9)10-4-2/h3,5-6H,1,4H2,2H3,(H,8,9)/b6-5+. The van der Waals surface area contributed by atoms with Gasteiger partial charge in [-0.15, -0.1) is 0 Å². The van der Waals surface area contributed by atoms with Gasteiger partial charge < -0.3 is 4.74 Å². The van der Waals surface area contributed by atoms with Crippen molar-refractivity contribution in [3.05, 3.63) is 24.9 Å². The number of rotatable bonds is 3. The molecular formula is C7H11NO2. The van der Waals surface area contributed by atoms with Crippen LogP contribution in [0.4, 0.5) is 4.79 Å². The second-order valence-corrected chi connectivity index (χ2v) is 1.46. The van der Waals surface area contributed by atoms with E-state index in [4.69, 9.17) is 0 Å². The van der Waals surface area contributed by atoms with Crippen LogP contribution < -0.4 is 5.32 Å². The number of hydrogen-bond acceptors (Lipinski definition) is 2. The highest BCUT2D eigenvalue weighted by atomic mass is 16.5.